The molecule has 1 saturated carbocycles. The summed E-state index contributed by atoms with van der Waals surface area (Å²) in [6.07, 6.45) is 4.09. The Kier molecular flexibility index (Phi) is 5.35. The number of rotatable bonds is 1. The third-order valence-corrected chi connectivity index (χ3v) is 4.61. The first-order valence-electron chi connectivity index (χ1n) is 8.53. The molecule has 0 atom stereocenters. The molecule has 2 rings (SSSR count). The van der Waals surface area contributed by atoms with Gasteiger partial charge in [0.25, 0.3) is 0 Å². The maximum atomic E-state index is 12.6. The summed E-state index contributed by atoms with van der Waals surface area (Å²) >= 11 is 0. The second kappa shape index (κ2) is 6.88. The van der Waals surface area contributed by atoms with Gasteiger partial charge in [-0.2, -0.15) is 0 Å². The molecular formula is C17H30N2O3. The van der Waals surface area contributed by atoms with E-state index in [9.17, 15) is 9.59 Å². The molecule has 0 radical (unpaired) electrons. The monoisotopic (exact) mass is 310 g/mol. The van der Waals surface area contributed by atoms with Gasteiger partial charge in [-0.25, -0.2) is 4.79 Å². The van der Waals surface area contributed by atoms with E-state index in [0.717, 1.165) is 31.6 Å². The molecule has 0 spiro atoms. The lowest BCUT2D eigenvalue weighted by Crippen LogP contribution is -2.53. The van der Waals surface area contributed by atoms with E-state index in [4.69, 9.17) is 4.74 Å². The van der Waals surface area contributed by atoms with Crippen LogP contribution in [0.4, 0.5) is 4.79 Å². The van der Waals surface area contributed by atoms with Crippen molar-refractivity contribution in [2.24, 2.45) is 11.8 Å². The van der Waals surface area contributed by atoms with Crippen LogP contribution < -0.4 is 0 Å². The van der Waals surface area contributed by atoms with Gasteiger partial charge in [0.2, 0.25) is 5.91 Å². The third kappa shape index (κ3) is 4.62. The van der Waals surface area contributed by atoms with Gasteiger partial charge in [-0.3, -0.25) is 4.79 Å². The number of piperazine rings is 1. The van der Waals surface area contributed by atoms with E-state index in [0.29, 0.717) is 26.2 Å². The Morgan fingerprint density at radius 2 is 1.41 bits per heavy atom. The Bertz CT molecular complexity index is 401. The number of nitrogens with zero attached hydrogens (tertiary/aromatic N) is 2. The van der Waals surface area contributed by atoms with E-state index >= 15 is 0 Å². The Labute approximate surface area is 134 Å². The Morgan fingerprint density at radius 3 is 1.91 bits per heavy atom. The highest BCUT2D eigenvalue weighted by Gasteiger charge is 2.32. The summed E-state index contributed by atoms with van der Waals surface area (Å²) in [7, 11) is 0. The minimum Gasteiger partial charge on any atom is -0.444 e. The third-order valence-electron chi connectivity index (χ3n) is 4.61. The van der Waals surface area contributed by atoms with E-state index in [1.165, 1.54) is 0 Å². The quantitative estimate of drug-likeness (QED) is 0.748. The SMILES string of the molecule is CC1CCC(C(=O)N2CCN(C(=O)OC(C)(C)C)CC2)CC1. The highest BCUT2D eigenvalue weighted by atomic mass is 16.6. The largest absolute Gasteiger partial charge is 0.444 e. The maximum Gasteiger partial charge on any atom is 0.410 e. The van der Waals surface area contributed by atoms with Gasteiger partial charge in [0, 0.05) is 32.1 Å². The topological polar surface area (TPSA) is 49.9 Å². The molecule has 2 fully saturated rings. The van der Waals surface area contributed by atoms with E-state index < -0.39 is 5.60 Å². The molecule has 2 amide bonds. The zero-order chi connectivity index (χ0) is 16.3. The molecule has 2 aliphatic rings. The fourth-order valence-corrected chi connectivity index (χ4v) is 3.20. The van der Waals surface area contributed by atoms with Gasteiger partial charge >= 0.3 is 6.09 Å². The Balaban J connectivity index is 1.79. The van der Waals surface area contributed by atoms with Crippen LogP contribution in [0.1, 0.15) is 53.4 Å². The Hall–Kier alpha value is -1.26. The van der Waals surface area contributed by atoms with Crippen LogP contribution in [0.5, 0.6) is 0 Å². The normalized spacial score (nSPS) is 26.7. The zero-order valence-corrected chi connectivity index (χ0v) is 14.4. The predicted octanol–water partition coefficient (Wildman–Crippen LogP) is 2.89. The van der Waals surface area contributed by atoms with E-state index in [1.807, 2.05) is 25.7 Å². The molecule has 1 aliphatic heterocycles. The number of hydrogen-bond acceptors (Lipinski definition) is 3. The van der Waals surface area contributed by atoms with Crippen molar-refractivity contribution in [2.45, 2.75) is 59.0 Å². The molecule has 0 aromatic heterocycles. The molecule has 5 nitrogen and oxygen atoms in total. The molecule has 0 N–H and O–H groups in total. The van der Waals surface area contributed by atoms with Crippen molar-refractivity contribution in [3.63, 3.8) is 0 Å². The summed E-state index contributed by atoms with van der Waals surface area (Å²) < 4.78 is 5.38. The van der Waals surface area contributed by atoms with Crippen LogP contribution in [0.3, 0.4) is 0 Å². The van der Waals surface area contributed by atoms with E-state index in [-0.39, 0.29) is 17.9 Å². The van der Waals surface area contributed by atoms with Crippen LogP contribution in [-0.4, -0.2) is 53.6 Å². The number of hydrogen-bond donors (Lipinski definition) is 0. The molecule has 22 heavy (non-hydrogen) atoms. The molecule has 0 bridgehead atoms. The molecule has 1 aliphatic carbocycles. The molecule has 126 valence electrons. The molecule has 0 unspecified atom stereocenters. The van der Waals surface area contributed by atoms with Gasteiger partial charge in [0.1, 0.15) is 5.60 Å². The van der Waals surface area contributed by atoms with E-state index in [1.54, 1.807) is 4.90 Å². The summed E-state index contributed by atoms with van der Waals surface area (Å²) in [5, 5.41) is 0. The van der Waals surface area contributed by atoms with Gasteiger partial charge in [0.15, 0.2) is 0 Å². The second-order valence-electron chi connectivity index (χ2n) is 7.75. The fourth-order valence-electron chi connectivity index (χ4n) is 3.20. The van der Waals surface area contributed by atoms with Gasteiger partial charge < -0.3 is 14.5 Å². The van der Waals surface area contributed by atoms with Crippen molar-refractivity contribution in [3.05, 3.63) is 0 Å². The highest BCUT2D eigenvalue weighted by molar-refractivity contribution is 5.79. The molecule has 0 aromatic rings. The molecule has 5 heteroatoms. The van der Waals surface area contributed by atoms with Crippen LogP contribution in [-0.2, 0) is 9.53 Å². The lowest BCUT2D eigenvalue weighted by atomic mass is 9.82. The maximum absolute atomic E-state index is 12.6. The molecule has 1 heterocycles. The lowest BCUT2D eigenvalue weighted by molar-refractivity contribution is -0.138. The van der Waals surface area contributed by atoms with Crippen molar-refractivity contribution in [3.8, 4) is 0 Å². The highest BCUT2D eigenvalue weighted by Crippen LogP contribution is 2.29. The number of carbonyl (C=O) groups is 2. The van der Waals surface area contributed by atoms with Crippen LogP contribution in [0.2, 0.25) is 0 Å². The standard InChI is InChI=1S/C17H30N2O3/c1-13-5-7-14(8-6-13)15(20)18-9-11-19(12-10-18)16(21)22-17(2,3)4/h13-14H,5-12H2,1-4H3. The first-order chi connectivity index (χ1) is 10.3. The minimum atomic E-state index is -0.469. The molecule has 1 saturated heterocycles. The zero-order valence-electron chi connectivity index (χ0n) is 14.4. The summed E-state index contributed by atoms with van der Waals surface area (Å²) in [6, 6.07) is 0. The Morgan fingerprint density at radius 1 is 0.909 bits per heavy atom. The van der Waals surface area contributed by atoms with Gasteiger partial charge in [-0.1, -0.05) is 6.92 Å². The van der Waals surface area contributed by atoms with Crippen LogP contribution >= 0.6 is 0 Å². The molecule has 0 aromatic carbocycles. The number of carbonyl (C=O) groups excluding carboxylic acids is 2. The second-order valence-corrected chi connectivity index (χ2v) is 7.75. The average molecular weight is 310 g/mol. The summed E-state index contributed by atoms with van der Waals surface area (Å²) in [5.41, 5.74) is -0.469. The van der Waals surface area contributed by atoms with Crippen molar-refractivity contribution < 1.29 is 14.3 Å². The first kappa shape index (κ1) is 17.1. The summed E-state index contributed by atoms with van der Waals surface area (Å²) in [5.74, 6) is 1.24. The van der Waals surface area contributed by atoms with Crippen molar-refractivity contribution in [1.82, 2.24) is 9.80 Å². The number of amides is 2. The average Bonchev–Trinajstić information content (AvgIpc) is 2.46. The number of ether oxygens (including phenoxy) is 1. The smallest absolute Gasteiger partial charge is 0.410 e. The molecular weight excluding hydrogens is 280 g/mol. The van der Waals surface area contributed by atoms with Crippen LogP contribution in [0.15, 0.2) is 0 Å². The van der Waals surface area contributed by atoms with Crippen LogP contribution in [0, 0.1) is 11.8 Å². The van der Waals surface area contributed by atoms with E-state index in [2.05, 4.69) is 6.92 Å². The predicted molar refractivity (Wildman–Crippen MR) is 85.5 cm³/mol. The van der Waals surface area contributed by atoms with Crippen molar-refractivity contribution in [1.29, 1.82) is 0 Å². The summed E-state index contributed by atoms with van der Waals surface area (Å²) in [4.78, 5) is 28.2. The summed E-state index contributed by atoms with van der Waals surface area (Å²) in [6.45, 7) is 10.3. The van der Waals surface area contributed by atoms with Gasteiger partial charge in [0.05, 0.1) is 0 Å². The fraction of sp³-hybridized carbons (Fsp3) is 0.882. The van der Waals surface area contributed by atoms with Crippen molar-refractivity contribution in [2.75, 3.05) is 26.2 Å². The minimum absolute atomic E-state index is 0.198. The van der Waals surface area contributed by atoms with Crippen LogP contribution in [0.25, 0.3) is 0 Å². The van der Waals surface area contributed by atoms with Crippen molar-refractivity contribution >= 4 is 12.0 Å². The lowest BCUT2D eigenvalue weighted by Gasteiger charge is -2.38. The van der Waals surface area contributed by atoms with Gasteiger partial charge in [-0.05, 0) is 52.4 Å². The van der Waals surface area contributed by atoms with Gasteiger partial charge in [-0.15, -0.1) is 0 Å². The first-order valence-corrected chi connectivity index (χ1v) is 8.53.